The Hall–Kier alpha value is -2.51. The molecule has 0 unspecified atom stereocenters. The second kappa shape index (κ2) is 4.55. The Labute approximate surface area is 114 Å². The van der Waals surface area contributed by atoms with Crippen LogP contribution in [0.2, 0.25) is 0 Å². The number of nitrogens with one attached hydrogen (secondary N) is 2. The highest BCUT2D eigenvalue weighted by molar-refractivity contribution is 5.87. The van der Waals surface area contributed by atoms with Crippen LogP contribution in [0.4, 0.5) is 5.82 Å². The summed E-state index contributed by atoms with van der Waals surface area (Å²) in [6.45, 7) is 1.88. The Kier molecular flexibility index (Phi) is 2.58. The third kappa shape index (κ3) is 1.80. The Morgan fingerprint density at radius 1 is 1.20 bits per heavy atom. The summed E-state index contributed by atoms with van der Waals surface area (Å²) in [5.41, 5.74) is 0.885. The summed E-state index contributed by atoms with van der Waals surface area (Å²) >= 11 is 0. The van der Waals surface area contributed by atoms with E-state index in [4.69, 9.17) is 0 Å². The molecule has 3 aromatic rings. The van der Waals surface area contributed by atoms with Crippen molar-refractivity contribution in [2.24, 2.45) is 0 Å². The van der Waals surface area contributed by atoms with Crippen molar-refractivity contribution in [3.8, 4) is 0 Å². The lowest BCUT2D eigenvalue weighted by Gasteiger charge is -2.31. The smallest absolute Gasteiger partial charge is 0.177 e. The van der Waals surface area contributed by atoms with Gasteiger partial charge in [0.05, 0.1) is 5.39 Å². The first-order chi connectivity index (χ1) is 9.92. The molecule has 3 aromatic heterocycles. The van der Waals surface area contributed by atoms with Crippen molar-refractivity contribution in [1.29, 1.82) is 0 Å². The number of tetrazole rings is 1. The Morgan fingerprint density at radius 3 is 2.90 bits per heavy atom. The number of piperidine rings is 1. The number of nitrogens with zero attached hydrogens (tertiary/aromatic N) is 6. The molecule has 20 heavy (non-hydrogen) atoms. The third-order valence-electron chi connectivity index (χ3n) is 3.85. The molecule has 1 fully saturated rings. The van der Waals surface area contributed by atoms with Crippen LogP contribution in [0.5, 0.6) is 0 Å². The molecule has 8 heteroatoms. The third-order valence-corrected chi connectivity index (χ3v) is 3.85. The van der Waals surface area contributed by atoms with E-state index >= 15 is 0 Å². The van der Waals surface area contributed by atoms with Gasteiger partial charge in [-0.15, -0.1) is 10.2 Å². The molecule has 0 aromatic carbocycles. The van der Waals surface area contributed by atoms with E-state index in [-0.39, 0.29) is 0 Å². The van der Waals surface area contributed by atoms with Crippen LogP contribution in [-0.4, -0.2) is 48.7 Å². The molecule has 0 amide bonds. The van der Waals surface area contributed by atoms with Gasteiger partial charge >= 0.3 is 0 Å². The highest BCUT2D eigenvalue weighted by Gasteiger charge is 2.25. The van der Waals surface area contributed by atoms with E-state index in [0.717, 1.165) is 48.6 Å². The lowest BCUT2D eigenvalue weighted by molar-refractivity contribution is 0.484. The van der Waals surface area contributed by atoms with Crippen molar-refractivity contribution in [3.63, 3.8) is 0 Å². The number of rotatable bonds is 2. The average molecular weight is 270 g/mol. The first-order valence-electron chi connectivity index (χ1n) is 6.68. The van der Waals surface area contributed by atoms with Gasteiger partial charge in [0.2, 0.25) is 0 Å². The second-order valence-electron chi connectivity index (χ2n) is 4.97. The minimum Gasteiger partial charge on any atom is -0.356 e. The predicted molar refractivity (Wildman–Crippen MR) is 72.3 cm³/mol. The van der Waals surface area contributed by atoms with Crippen LogP contribution in [0.25, 0.3) is 11.0 Å². The maximum Gasteiger partial charge on any atom is 0.177 e. The summed E-state index contributed by atoms with van der Waals surface area (Å²) in [4.78, 5) is 14.1. The van der Waals surface area contributed by atoms with Crippen molar-refractivity contribution in [2.45, 2.75) is 18.8 Å². The molecule has 4 heterocycles. The Balaban J connectivity index is 1.56. The average Bonchev–Trinajstić information content (AvgIpc) is 3.18. The van der Waals surface area contributed by atoms with E-state index in [1.807, 2.05) is 12.3 Å². The number of aromatic nitrogens is 7. The summed E-state index contributed by atoms with van der Waals surface area (Å²) in [5.74, 6) is 2.20. The molecule has 0 bridgehead atoms. The van der Waals surface area contributed by atoms with Crippen LogP contribution >= 0.6 is 0 Å². The first-order valence-corrected chi connectivity index (χ1v) is 6.68. The zero-order valence-electron chi connectivity index (χ0n) is 10.8. The number of fused-ring (bicyclic) bond motifs is 1. The number of hydrogen-bond acceptors (Lipinski definition) is 6. The lowest BCUT2D eigenvalue weighted by Crippen LogP contribution is -2.34. The van der Waals surface area contributed by atoms with Crippen molar-refractivity contribution in [1.82, 2.24) is 35.6 Å². The fourth-order valence-corrected chi connectivity index (χ4v) is 2.80. The van der Waals surface area contributed by atoms with Gasteiger partial charge in [0.25, 0.3) is 0 Å². The van der Waals surface area contributed by atoms with Crippen LogP contribution in [0.3, 0.4) is 0 Å². The number of hydrogen-bond donors (Lipinski definition) is 2. The fourth-order valence-electron chi connectivity index (χ4n) is 2.80. The standard InChI is InChI=1S/C12H14N8/c1-4-13-11-9(1)12(15-7-14-11)20-5-2-8(3-6-20)10-16-18-19-17-10/h1,4,7-8H,2-3,5-6H2,(H,13,14,15)(H,16,17,18,19). The molecule has 4 rings (SSSR count). The van der Waals surface area contributed by atoms with Crippen LogP contribution in [0.1, 0.15) is 24.6 Å². The topological polar surface area (TPSA) is 99.3 Å². The monoisotopic (exact) mass is 270 g/mol. The molecule has 0 aliphatic carbocycles. The zero-order valence-corrected chi connectivity index (χ0v) is 10.8. The van der Waals surface area contributed by atoms with Gasteiger partial charge in [0.15, 0.2) is 5.82 Å². The van der Waals surface area contributed by atoms with E-state index in [0.29, 0.717) is 5.92 Å². The number of anilines is 1. The quantitative estimate of drug-likeness (QED) is 0.716. The number of aromatic amines is 2. The zero-order chi connectivity index (χ0) is 13.4. The van der Waals surface area contributed by atoms with Gasteiger partial charge in [-0.1, -0.05) is 5.21 Å². The summed E-state index contributed by atoms with van der Waals surface area (Å²) in [6, 6.07) is 2.02. The Morgan fingerprint density at radius 2 is 2.10 bits per heavy atom. The van der Waals surface area contributed by atoms with Crippen LogP contribution in [-0.2, 0) is 0 Å². The van der Waals surface area contributed by atoms with Gasteiger partial charge in [-0.3, -0.25) is 0 Å². The highest BCUT2D eigenvalue weighted by Crippen LogP contribution is 2.30. The SMILES string of the molecule is c1nc(N2CCC(c3nn[nH]n3)CC2)c2cc[nH]c2n1. The molecule has 1 saturated heterocycles. The summed E-state index contributed by atoms with van der Waals surface area (Å²) in [6.07, 6.45) is 5.53. The fraction of sp³-hybridized carbons (Fsp3) is 0.417. The van der Waals surface area contributed by atoms with Gasteiger partial charge in [-0.25, -0.2) is 9.97 Å². The van der Waals surface area contributed by atoms with Gasteiger partial charge in [-0.05, 0) is 18.9 Å². The van der Waals surface area contributed by atoms with Crippen LogP contribution in [0, 0.1) is 0 Å². The van der Waals surface area contributed by atoms with E-state index in [9.17, 15) is 0 Å². The number of H-pyrrole nitrogens is 2. The maximum absolute atomic E-state index is 4.44. The molecule has 0 spiro atoms. The van der Waals surface area contributed by atoms with E-state index < -0.39 is 0 Å². The predicted octanol–water partition coefficient (Wildman–Crippen LogP) is 0.855. The highest BCUT2D eigenvalue weighted by atomic mass is 15.5. The second-order valence-corrected chi connectivity index (χ2v) is 4.97. The molecular formula is C12H14N8. The lowest BCUT2D eigenvalue weighted by atomic mass is 9.96. The van der Waals surface area contributed by atoms with Gasteiger partial charge in [0.1, 0.15) is 17.8 Å². The molecule has 2 N–H and O–H groups in total. The van der Waals surface area contributed by atoms with Crippen molar-refractivity contribution in [3.05, 3.63) is 24.4 Å². The summed E-state index contributed by atoms with van der Waals surface area (Å²) < 4.78 is 0. The minimum atomic E-state index is 0.383. The van der Waals surface area contributed by atoms with E-state index in [1.54, 1.807) is 6.33 Å². The first kappa shape index (κ1) is 11.3. The maximum atomic E-state index is 4.44. The van der Waals surface area contributed by atoms with E-state index in [1.165, 1.54) is 0 Å². The Bertz CT molecular complexity index is 695. The van der Waals surface area contributed by atoms with Crippen molar-refractivity contribution >= 4 is 16.9 Å². The molecule has 1 aliphatic rings. The molecular weight excluding hydrogens is 256 g/mol. The van der Waals surface area contributed by atoms with Gasteiger partial charge < -0.3 is 9.88 Å². The van der Waals surface area contributed by atoms with Crippen LogP contribution in [0.15, 0.2) is 18.6 Å². The van der Waals surface area contributed by atoms with Gasteiger partial charge in [0, 0.05) is 25.2 Å². The molecule has 1 aliphatic heterocycles. The summed E-state index contributed by atoms with van der Waals surface area (Å²) in [7, 11) is 0. The molecule has 8 nitrogen and oxygen atoms in total. The molecule has 0 saturated carbocycles. The van der Waals surface area contributed by atoms with Crippen molar-refractivity contribution in [2.75, 3.05) is 18.0 Å². The normalized spacial score (nSPS) is 16.9. The minimum absolute atomic E-state index is 0.383. The largest absolute Gasteiger partial charge is 0.356 e. The van der Waals surface area contributed by atoms with Crippen molar-refractivity contribution < 1.29 is 0 Å². The summed E-state index contributed by atoms with van der Waals surface area (Å²) in [5, 5.41) is 15.4. The molecule has 102 valence electrons. The molecule has 0 atom stereocenters. The van der Waals surface area contributed by atoms with Crippen LogP contribution < -0.4 is 4.90 Å². The molecule has 0 radical (unpaired) electrons. The van der Waals surface area contributed by atoms with E-state index in [2.05, 4.69) is 40.5 Å². The van der Waals surface area contributed by atoms with Gasteiger partial charge in [-0.2, -0.15) is 5.21 Å².